The van der Waals surface area contributed by atoms with Gasteiger partial charge in [0, 0.05) is 17.8 Å². The van der Waals surface area contributed by atoms with Crippen molar-refractivity contribution in [2.75, 3.05) is 0 Å². The van der Waals surface area contributed by atoms with Crippen LogP contribution in [0.1, 0.15) is 17.2 Å². The van der Waals surface area contributed by atoms with E-state index in [-0.39, 0.29) is 15.9 Å². The Morgan fingerprint density at radius 1 is 1.41 bits per heavy atom. The predicted octanol–water partition coefficient (Wildman–Crippen LogP) is 2.02. The van der Waals surface area contributed by atoms with E-state index in [1.165, 1.54) is 52.4 Å². The number of carbonyl (C=O) groups is 1. The fourth-order valence-electron chi connectivity index (χ4n) is 2.80. The van der Waals surface area contributed by atoms with E-state index in [1.807, 2.05) is 0 Å². The van der Waals surface area contributed by atoms with Gasteiger partial charge in [-0.3, -0.25) is 14.4 Å². The lowest BCUT2D eigenvalue weighted by Crippen LogP contribution is -2.34. The Kier molecular flexibility index (Phi) is 4.11. The maximum absolute atomic E-state index is 12.7. The number of imidazole rings is 1. The number of nitrogens with zero attached hydrogens (tertiary/aromatic N) is 3. The number of halogens is 1. The van der Waals surface area contributed by atoms with Gasteiger partial charge < -0.3 is 9.92 Å². The van der Waals surface area contributed by atoms with Crippen molar-refractivity contribution in [2.45, 2.75) is 11.1 Å². The number of fused-ring (bicyclic) bond motifs is 2. The highest BCUT2D eigenvalue weighted by atomic mass is 35.5. The van der Waals surface area contributed by atoms with Crippen LogP contribution in [0.5, 0.6) is 5.75 Å². The van der Waals surface area contributed by atoms with Crippen LogP contribution in [-0.2, 0) is 14.9 Å². The second kappa shape index (κ2) is 6.23. The van der Waals surface area contributed by atoms with Crippen LogP contribution >= 0.6 is 22.9 Å². The lowest BCUT2D eigenvalue weighted by atomic mass is 9.97. The molecule has 0 spiro atoms. The van der Waals surface area contributed by atoms with Crippen LogP contribution in [0.4, 0.5) is 0 Å². The minimum absolute atomic E-state index is 0.00857. The molecule has 1 aromatic carbocycles. The molecule has 1 amide bonds. The minimum atomic E-state index is -4.26. The Labute approximate surface area is 161 Å². The number of primary amides is 1. The van der Waals surface area contributed by atoms with Crippen molar-refractivity contribution in [3.8, 4) is 5.75 Å². The first-order valence-corrected chi connectivity index (χ1v) is 10.1. The summed E-state index contributed by atoms with van der Waals surface area (Å²) < 4.78 is 31.9. The normalized spacial score (nSPS) is 16.5. The highest BCUT2D eigenvalue weighted by Crippen LogP contribution is 2.33. The average Bonchev–Trinajstić information content (AvgIpc) is 3.13. The number of amides is 1. The van der Waals surface area contributed by atoms with E-state index in [4.69, 9.17) is 21.5 Å². The number of hydrogen-bond donors (Lipinski definition) is 2. The first-order chi connectivity index (χ1) is 12.8. The molecule has 12 heteroatoms. The Bertz CT molecular complexity index is 1200. The molecule has 0 saturated heterocycles. The molecule has 1 atom stereocenters. The monoisotopic (exact) mass is 426 g/mol. The van der Waals surface area contributed by atoms with Crippen molar-refractivity contribution < 1.29 is 22.6 Å². The highest BCUT2D eigenvalue weighted by Gasteiger charge is 2.30. The molecule has 0 saturated carbocycles. The summed E-state index contributed by atoms with van der Waals surface area (Å²) in [6, 6.07) is 3.16. The van der Waals surface area contributed by atoms with Crippen LogP contribution in [0.25, 0.3) is 11.0 Å². The van der Waals surface area contributed by atoms with Gasteiger partial charge in [-0.15, -0.1) is 11.3 Å². The zero-order valence-electron chi connectivity index (χ0n) is 13.3. The second-order valence-electron chi connectivity index (χ2n) is 5.59. The zero-order chi connectivity index (χ0) is 19.3. The van der Waals surface area contributed by atoms with Gasteiger partial charge in [0.1, 0.15) is 5.75 Å². The Hall–Kier alpha value is -2.60. The molecule has 3 heterocycles. The van der Waals surface area contributed by atoms with Crippen LogP contribution < -0.4 is 9.92 Å². The van der Waals surface area contributed by atoms with Crippen LogP contribution in [-0.4, -0.2) is 34.0 Å². The third kappa shape index (κ3) is 2.94. The first-order valence-electron chi connectivity index (χ1n) is 7.42. The van der Waals surface area contributed by atoms with Gasteiger partial charge in [0.05, 0.1) is 0 Å². The summed E-state index contributed by atoms with van der Waals surface area (Å²) in [4.78, 5) is 16.0. The number of rotatable bonds is 4. The molecule has 1 aliphatic heterocycles. The van der Waals surface area contributed by atoms with Crippen molar-refractivity contribution in [3.05, 3.63) is 52.3 Å². The highest BCUT2D eigenvalue weighted by molar-refractivity contribution is 7.87. The third-order valence-electron chi connectivity index (χ3n) is 3.91. The van der Waals surface area contributed by atoms with E-state index in [2.05, 4.69) is 4.98 Å². The fourth-order valence-corrected chi connectivity index (χ4v) is 5.15. The maximum atomic E-state index is 12.7. The van der Waals surface area contributed by atoms with E-state index < -0.39 is 22.1 Å². The lowest BCUT2D eigenvalue weighted by Gasteiger charge is -2.27. The Balaban J connectivity index is 1.72. The van der Waals surface area contributed by atoms with Crippen molar-refractivity contribution in [1.29, 1.82) is 0 Å². The van der Waals surface area contributed by atoms with Gasteiger partial charge in [0.15, 0.2) is 16.2 Å². The molecule has 0 aliphatic carbocycles. The van der Waals surface area contributed by atoms with E-state index >= 15 is 0 Å². The minimum Gasteiger partial charge on any atom is -0.378 e. The van der Waals surface area contributed by atoms with Gasteiger partial charge in [-0.05, 0) is 29.3 Å². The molecule has 0 bridgehead atoms. The predicted molar refractivity (Wildman–Crippen MR) is 96.9 cm³/mol. The molecule has 0 radical (unpaired) electrons. The van der Waals surface area contributed by atoms with E-state index in [0.717, 1.165) is 0 Å². The molecule has 0 fully saturated rings. The van der Waals surface area contributed by atoms with Crippen molar-refractivity contribution >= 4 is 50.0 Å². The topological polar surface area (TPSA) is 127 Å². The molecular weight excluding hydrogens is 416 g/mol. The van der Waals surface area contributed by atoms with Crippen LogP contribution in [0, 0.1) is 0 Å². The molecule has 3 N–H and O–H groups in total. The summed E-state index contributed by atoms with van der Waals surface area (Å²) in [6.45, 7) is 0. The standard InChI is InChI=1S/C15H11ClN4O5S2/c16-12-14(19-5-6-26-15(19)18-12)27(23,24)25-9-1-2-10-8(7-9)3-4-20(22)11(10)13(17)21/h1-7,11,22H,(H2,17,21). The van der Waals surface area contributed by atoms with Crippen molar-refractivity contribution in [3.63, 3.8) is 0 Å². The average molecular weight is 427 g/mol. The number of benzene rings is 1. The number of nitrogens with two attached hydrogens (primary N) is 1. The summed E-state index contributed by atoms with van der Waals surface area (Å²) >= 11 is 7.20. The molecular formula is C15H11ClN4O5S2. The van der Waals surface area contributed by atoms with Gasteiger partial charge >= 0.3 is 10.1 Å². The van der Waals surface area contributed by atoms with Gasteiger partial charge in [0.25, 0.3) is 0 Å². The zero-order valence-corrected chi connectivity index (χ0v) is 15.7. The maximum Gasteiger partial charge on any atom is 0.358 e. The molecule has 140 valence electrons. The largest absolute Gasteiger partial charge is 0.378 e. The molecule has 1 aliphatic rings. The van der Waals surface area contributed by atoms with E-state index in [9.17, 15) is 18.4 Å². The summed E-state index contributed by atoms with van der Waals surface area (Å²) in [5, 5.41) is 11.7. The Morgan fingerprint density at radius 2 is 2.19 bits per heavy atom. The smallest absolute Gasteiger partial charge is 0.358 e. The van der Waals surface area contributed by atoms with E-state index in [1.54, 1.807) is 5.38 Å². The van der Waals surface area contributed by atoms with Gasteiger partial charge in [0.2, 0.25) is 10.9 Å². The number of thiazole rings is 1. The fraction of sp³-hybridized carbons (Fsp3) is 0.0667. The van der Waals surface area contributed by atoms with Gasteiger partial charge in [-0.2, -0.15) is 8.42 Å². The third-order valence-corrected chi connectivity index (χ3v) is 6.32. The summed E-state index contributed by atoms with van der Waals surface area (Å²) in [7, 11) is -4.26. The van der Waals surface area contributed by atoms with Gasteiger partial charge in [-0.1, -0.05) is 17.7 Å². The molecule has 2 aromatic heterocycles. The second-order valence-corrected chi connectivity index (χ2v) is 8.28. The van der Waals surface area contributed by atoms with Crippen molar-refractivity contribution in [2.24, 2.45) is 5.73 Å². The summed E-state index contributed by atoms with van der Waals surface area (Å²) in [5.41, 5.74) is 6.21. The lowest BCUT2D eigenvalue weighted by molar-refractivity contribution is -0.138. The summed E-state index contributed by atoms with van der Waals surface area (Å²) in [5.74, 6) is -0.746. The van der Waals surface area contributed by atoms with Crippen LogP contribution in [0.15, 0.2) is 41.0 Å². The number of hydrogen-bond acceptors (Lipinski definition) is 8. The molecule has 27 heavy (non-hydrogen) atoms. The number of carbonyl (C=O) groups excluding carboxylic acids is 1. The quantitative estimate of drug-likeness (QED) is 0.611. The van der Waals surface area contributed by atoms with Crippen LogP contribution in [0.2, 0.25) is 5.15 Å². The molecule has 4 rings (SSSR count). The number of aromatic nitrogens is 2. The van der Waals surface area contributed by atoms with Crippen molar-refractivity contribution in [1.82, 2.24) is 14.4 Å². The molecule has 9 nitrogen and oxygen atoms in total. The number of hydroxylamine groups is 2. The molecule has 1 unspecified atom stereocenters. The SMILES string of the molecule is NC(=O)C1c2ccc(OS(=O)(=O)c3c(Cl)nc4sccn34)cc2C=CN1O. The summed E-state index contributed by atoms with van der Waals surface area (Å²) in [6.07, 6.45) is 4.27. The molecule has 3 aromatic rings. The van der Waals surface area contributed by atoms with Crippen LogP contribution in [0.3, 0.4) is 0 Å². The van der Waals surface area contributed by atoms with Gasteiger partial charge in [-0.25, -0.2) is 10.0 Å². The first kappa shape index (κ1) is 17.8. The van der Waals surface area contributed by atoms with E-state index in [0.29, 0.717) is 21.2 Å². The Morgan fingerprint density at radius 3 is 2.93 bits per heavy atom.